The number of para-hydroxylation sites is 1. The lowest BCUT2D eigenvalue weighted by Crippen LogP contribution is -2.14. The van der Waals surface area contributed by atoms with E-state index >= 15 is 0 Å². The lowest BCUT2D eigenvalue weighted by Gasteiger charge is -2.15. The van der Waals surface area contributed by atoms with Crippen LogP contribution in [0, 0.1) is 5.82 Å². The fourth-order valence-electron chi connectivity index (χ4n) is 2.67. The molecule has 0 saturated carbocycles. The molecule has 0 unspecified atom stereocenters. The van der Waals surface area contributed by atoms with Gasteiger partial charge in [-0.1, -0.05) is 50.5 Å². The summed E-state index contributed by atoms with van der Waals surface area (Å²) in [6.07, 6.45) is 4.69. The Morgan fingerprint density at radius 2 is 1.76 bits per heavy atom. The average Bonchev–Trinajstić information content (AvgIpc) is 2.64. The summed E-state index contributed by atoms with van der Waals surface area (Å²) in [5.74, 6) is 1.36. The smallest absolute Gasteiger partial charge is 0.165 e. The van der Waals surface area contributed by atoms with Crippen molar-refractivity contribution in [1.82, 2.24) is 5.32 Å². The Morgan fingerprint density at radius 3 is 2.48 bits per heavy atom. The van der Waals surface area contributed by atoms with Crippen LogP contribution in [0.5, 0.6) is 11.5 Å². The monoisotopic (exact) mass is 345 g/mol. The standard InChI is InChI=1S/C21H28FNO2/c1-3-4-5-6-14-25-21-18(8-7-9-20(21)24-2)16-23-15-17-10-12-19(22)13-11-17/h7-13,23H,3-6,14-16H2,1-2H3. The summed E-state index contributed by atoms with van der Waals surface area (Å²) in [7, 11) is 1.66. The summed E-state index contributed by atoms with van der Waals surface area (Å²) in [5.41, 5.74) is 2.11. The first-order valence-corrected chi connectivity index (χ1v) is 8.98. The molecular weight excluding hydrogens is 317 g/mol. The summed E-state index contributed by atoms with van der Waals surface area (Å²) in [6, 6.07) is 12.5. The van der Waals surface area contributed by atoms with Crippen LogP contribution in [0.25, 0.3) is 0 Å². The summed E-state index contributed by atoms with van der Waals surface area (Å²) >= 11 is 0. The molecule has 25 heavy (non-hydrogen) atoms. The number of benzene rings is 2. The fourth-order valence-corrected chi connectivity index (χ4v) is 2.67. The first-order valence-electron chi connectivity index (χ1n) is 8.98. The van der Waals surface area contributed by atoms with Crippen molar-refractivity contribution in [2.24, 2.45) is 0 Å². The van der Waals surface area contributed by atoms with E-state index in [9.17, 15) is 4.39 Å². The molecule has 0 spiro atoms. The molecule has 0 amide bonds. The number of methoxy groups -OCH3 is 1. The van der Waals surface area contributed by atoms with Crippen molar-refractivity contribution in [3.05, 3.63) is 59.4 Å². The normalized spacial score (nSPS) is 10.7. The largest absolute Gasteiger partial charge is 0.493 e. The van der Waals surface area contributed by atoms with Crippen molar-refractivity contribution in [1.29, 1.82) is 0 Å². The highest BCUT2D eigenvalue weighted by Gasteiger charge is 2.10. The molecule has 3 nitrogen and oxygen atoms in total. The van der Waals surface area contributed by atoms with Gasteiger partial charge in [0.1, 0.15) is 5.82 Å². The van der Waals surface area contributed by atoms with E-state index < -0.39 is 0 Å². The molecule has 0 fully saturated rings. The minimum atomic E-state index is -0.213. The maximum absolute atomic E-state index is 13.0. The van der Waals surface area contributed by atoms with Gasteiger partial charge < -0.3 is 14.8 Å². The second-order valence-electron chi connectivity index (χ2n) is 6.09. The molecule has 2 aromatic rings. The average molecular weight is 345 g/mol. The molecule has 0 bridgehead atoms. The van der Waals surface area contributed by atoms with Crippen molar-refractivity contribution in [3.63, 3.8) is 0 Å². The van der Waals surface area contributed by atoms with Gasteiger partial charge in [-0.2, -0.15) is 0 Å². The van der Waals surface area contributed by atoms with Gasteiger partial charge in [0.15, 0.2) is 11.5 Å². The summed E-state index contributed by atoms with van der Waals surface area (Å²) in [5, 5.41) is 3.38. The van der Waals surface area contributed by atoms with E-state index in [0.717, 1.165) is 29.0 Å². The molecule has 0 aliphatic heterocycles. The van der Waals surface area contributed by atoms with Crippen LogP contribution >= 0.6 is 0 Å². The summed E-state index contributed by atoms with van der Waals surface area (Å²) < 4.78 is 24.4. The van der Waals surface area contributed by atoms with Crippen molar-refractivity contribution in [2.45, 2.75) is 45.7 Å². The third-order valence-corrected chi connectivity index (χ3v) is 4.08. The van der Waals surface area contributed by atoms with Crippen LogP contribution < -0.4 is 14.8 Å². The van der Waals surface area contributed by atoms with Crippen molar-refractivity contribution < 1.29 is 13.9 Å². The molecule has 0 saturated heterocycles. The predicted octanol–water partition coefficient (Wildman–Crippen LogP) is 5.08. The number of hydrogen-bond acceptors (Lipinski definition) is 3. The van der Waals surface area contributed by atoms with Crippen LogP contribution in [0.2, 0.25) is 0 Å². The van der Waals surface area contributed by atoms with Gasteiger partial charge in [-0.25, -0.2) is 4.39 Å². The highest BCUT2D eigenvalue weighted by atomic mass is 19.1. The predicted molar refractivity (Wildman–Crippen MR) is 99.6 cm³/mol. The number of hydrogen-bond donors (Lipinski definition) is 1. The van der Waals surface area contributed by atoms with E-state index in [1.807, 2.05) is 18.2 Å². The zero-order valence-corrected chi connectivity index (χ0v) is 15.2. The maximum atomic E-state index is 13.0. The molecule has 0 aliphatic rings. The van der Waals surface area contributed by atoms with Crippen LogP contribution in [-0.2, 0) is 13.1 Å². The van der Waals surface area contributed by atoms with Crippen molar-refractivity contribution in [3.8, 4) is 11.5 Å². The molecular formula is C21H28FNO2. The second kappa shape index (κ2) is 10.7. The molecule has 1 N–H and O–H groups in total. The third-order valence-electron chi connectivity index (χ3n) is 4.08. The van der Waals surface area contributed by atoms with Gasteiger partial charge in [0.2, 0.25) is 0 Å². The molecule has 2 aromatic carbocycles. The lowest BCUT2D eigenvalue weighted by molar-refractivity contribution is 0.281. The highest BCUT2D eigenvalue weighted by molar-refractivity contribution is 5.46. The molecule has 2 rings (SSSR count). The highest BCUT2D eigenvalue weighted by Crippen LogP contribution is 2.31. The summed E-state index contributed by atoms with van der Waals surface area (Å²) in [6.45, 7) is 4.24. The molecule has 0 aliphatic carbocycles. The van der Waals surface area contributed by atoms with Gasteiger partial charge in [-0.05, 0) is 30.2 Å². The van der Waals surface area contributed by atoms with Crippen LogP contribution in [0.3, 0.4) is 0 Å². The molecule has 4 heteroatoms. The van der Waals surface area contributed by atoms with E-state index in [-0.39, 0.29) is 5.82 Å². The lowest BCUT2D eigenvalue weighted by atomic mass is 10.1. The number of rotatable bonds is 11. The van der Waals surface area contributed by atoms with Crippen molar-refractivity contribution in [2.75, 3.05) is 13.7 Å². The topological polar surface area (TPSA) is 30.5 Å². The zero-order chi connectivity index (χ0) is 17.9. The molecule has 0 heterocycles. The Balaban J connectivity index is 1.92. The minimum Gasteiger partial charge on any atom is -0.493 e. The van der Waals surface area contributed by atoms with Gasteiger partial charge in [0, 0.05) is 18.7 Å². The molecule has 0 aromatic heterocycles. The van der Waals surface area contributed by atoms with Gasteiger partial charge in [0.25, 0.3) is 0 Å². The number of unbranched alkanes of at least 4 members (excludes halogenated alkanes) is 3. The van der Waals surface area contributed by atoms with Crippen LogP contribution in [0.4, 0.5) is 4.39 Å². The van der Waals surface area contributed by atoms with Gasteiger partial charge >= 0.3 is 0 Å². The SMILES string of the molecule is CCCCCCOc1c(CNCc2ccc(F)cc2)cccc1OC. The van der Waals surface area contributed by atoms with Crippen LogP contribution in [0.15, 0.2) is 42.5 Å². The van der Waals surface area contributed by atoms with Crippen LogP contribution in [0.1, 0.15) is 43.7 Å². The van der Waals surface area contributed by atoms with Gasteiger partial charge in [-0.3, -0.25) is 0 Å². The maximum Gasteiger partial charge on any atom is 0.165 e. The Bertz CT molecular complexity index is 628. The first kappa shape index (κ1) is 19.3. The van der Waals surface area contributed by atoms with E-state index in [4.69, 9.17) is 9.47 Å². The van der Waals surface area contributed by atoms with E-state index in [1.165, 1.54) is 31.4 Å². The molecule has 0 atom stereocenters. The van der Waals surface area contributed by atoms with Crippen molar-refractivity contribution >= 4 is 0 Å². The Kier molecular flexibility index (Phi) is 8.26. The van der Waals surface area contributed by atoms with Gasteiger partial charge in [-0.15, -0.1) is 0 Å². The molecule has 0 radical (unpaired) electrons. The Morgan fingerprint density at radius 1 is 0.960 bits per heavy atom. The third kappa shape index (κ3) is 6.39. The fraction of sp³-hybridized carbons (Fsp3) is 0.429. The van der Waals surface area contributed by atoms with E-state index in [1.54, 1.807) is 19.2 Å². The minimum absolute atomic E-state index is 0.213. The first-order chi connectivity index (χ1) is 12.2. The van der Waals surface area contributed by atoms with Gasteiger partial charge in [0.05, 0.1) is 13.7 Å². The Labute approximate surface area is 150 Å². The molecule has 136 valence electrons. The number of ether oxygens (including phenoxy) is 2. The van der Waals surface area contributed by atoms with E-state index in [2.05, 4.69) is 12.2 Å². The quantitative estimate of drug-likeness (QED) is 0.576. The van der Waals surface area contributed by atoms with Crippen LogP contribution in [-0.4, -0.2) is 13.7 Å². The zero-order valence-electron chi connectivity index (χ0n) is 15.2. The Hall–Kier alpha value is -2.07. The number of halogens is 1. The second-order valence-corrected chi connectivity index (χ2v) is 6.09. The summed E-state index contributed by atoms with van der Waals surface area (Å²) in [4.78, 5) is 0. The number of nitrogens with one attached hydrogen (secondary N) is 1. The van der Waals surface area contributed by atoms with E-state index in [0.29, 0.717) is 19.7 Å².